The van der Waals surface area contributed by atoms with Gasteiger partial charge >= 0.3 is 0 Å². The highest BCUT2D eigenvalue weighted by Gasteiger charge is 2.23. The van der Waals surface area contributed by atoms with Crippen LogP contribution in [0.15, 0.2) is 42.7 Å². The summed E-state index contributed by atoms with van der Waals surface area (Å²) in [7, 11) is 0. The molecule has 4 heteroatoms. The first-order chi connectivity index (χ1) is 9.72. The van der Waals surface area contributed by atoms with Crippen LogP contribution in [0.4, 0.5) is 5.95 Å². The van der Waals surface area contributed by atoms with E-state index in [0.29, 0.717) is 0 Å². The van der Waals surface area contributed by atoms with Crippen LogP contribution in [0.2, 0.25) is 0 Å². The predicted octanol–water partition coefficient (Wildman–Crippen LogP) is 2.76. The van der Waals surface area contributed by atoms with Crippen LogP contribution in [-0.4, -0.2) is 35.3 Å². The molecule has 1 saturated heterocycles. The summed E-state index contributed by atoms with van der Waals surface area (Å²) < 4.78 is 5.73. The third-order valence-electron chi connectivity index (χ3n) is 3.45. The Labute approximate surface area is 119 Å². The quantitative estimate of drug-likeness (QED) is 0.840. The maximum Gasteiger partial charge on any atom is 0.225 e. The fourth-order valence-electron chi connectivity index (χ4n) is 2.61. The summed E-state index contributed by atoms with van der Waals surface area (Å²) in [5.74, 6) is 0.784. The van der Waals surface area contributed by atoms with Crippen LogP contribution in [0.25, 0.3) is 11.1 Å². The van der Waals surface area contributed by atoms with Crippen molar-refractivity contribution in [3.8, 4) is 11.1 Å². The zero-order valence-corrected chi connectivity index (χ0v) is 11.9. The van der Waals surface area contributed by atoms with E-state index in [2.05, 4.69) is 40.8 Å². The third-order valence-corrected chi connectivity index (χ3v) is 3.45. The highest BCUT2D eigenvalue weighted by Crippen LogP contribution is 2.20. The summed E-state index contributed by atoms with van der Waals surface area (Å²) in [4.78, 5) is 11.2. The Balaban J connectivity index is 1.79. The van der Waals surface area contributed by atoms with Gasteiger partial charge in [0.2, 0.25) is 5.95 Å². The van der Waals surface area contributed by atoms with Crippen molar-refractivity contribution in [2.75, 3.05) is 18.0 Å². The highest BCUT2D eigenvalue weighted by atomic mass is 16.5. The molecular weight excluding hydrogens is 250 g/mol. The number of morpholine rings is 1. The molecule has 20 heavy (non-hydrogen) atoms. The number of hydrogen-bond donors (Lipinski definition) is 0. The molecule has 0 radical (unpaired) electrons. The molecule has 2 unspecified atom stereocenters. The molecule has 0 amide bonds. The van der Waals surface area contributed by atoms with Gasteiger partial charge in [-0.2, -0.15) is 0 Å². The van der Waals surface area contributed by atoms with Gasteiger partial charge < -0.3 is 9.64 Å². The Kier molecular flexibility index (Phi) is 3.65. The van der Waals surface area contributed by atoms with E-state index in [9.17, 15) is 0 Å². The van der Waals surface area contributed by atoms with E-state index in [1.54, 1.807) is 0 Å². The number of rotatable bonds is 2. The second-order valence-electron chi connectivity index (χ2n) is 5.30. The first-order valence-electron chi connectivity index (χ1n) is 7.00. The number of hydrogen-bond acceptors (Lipinski definition) is 4. The molecule has 4 nitrogen and oxygen atoms in total. The van der Waals surface area contributed by atoms with Crippen molar-refractivity contribution < 1.29 is 4.74 Å². The highest BCUT2D eigenvalue weighted by molar-refractivity contribution is 5.61. The molecule has 104 valence electrons. The summed E-state index contributed by atoms with van der Waals surface area (Å²) in [5.41, 5.74) is 2.19. The lowest BCUT2D eigenvalue weighted by Crippen LogP contribution is -2.46. The molecule has 1 aliphatic rings. The zero-order valence-electron chi connectivity index (χ0n) is 11.9. The fraction of sp³-hybridized carbons (Fsp3) is 0.375. The second-order valence-corrected chi connectivity index (χ2v) is 5.30. The van der Waals surface area contributed by atoms with Gasteiger partial charge in [-0.1, -0.05) is 30.3 Å². The molecule has 0 spiro atoms. The Hall–Kier alpha value is -1.94. The first kappa shape index (κ1) is 13.1. The van der Waals surface area contributed by atoms with Crippen LogP contribution in [-0.2, 0) is 4.74 Å². The maximum absolute atomic E-state index is 5.73. The van der Waals surface area contributed by atoms with E-state index in [0.717, 1.165) is 30.2 Å². The van der Waals surface area contributed by atoms with Crippen molar-refractivity contribution in [1.29, 1.82) is 0 Å². The lowest BCUT2D eigenvalue weighted by molar-refractivity contribution is -0.00571. The van der Waals surface area contributed by atoms with Crippen molar-refractivity contribution in [2.24, 2.45) is 0 Å². The number of benzene rings is 1. The van der Waals surface area contributed by atoms with Gasteiger partial charge in [0.05, 0.1) is 12.2 Å². The Morgan fingerprint density at radius 2 is 1.55 bits per heavy atom. The van der Waals surface area contributed by atoms with Gasteiger partial charge in [-0.25, -0.2) is 9.97 Å². The lowest BCUT2D eigenvalue weighted by Gasteiger charge is -2.35. The number of nitrogens with zero attached hydrogens (tertiary/aromatic N) is 3. The SMILES string of the molecule is CC1CN(c2ncc(-c3ccccc3)cn2)CC(C)O1. The molecule has 0 saturated carbocycles. The molecule has 2 heterocycles. The molecule has 3 rings (SSSR count). The van der Waals surface area contributed by atoms with E-state index in [4.69, 9.17) is 4.74 Å². The van der Waals surface area contributed by atoms with E-state index in [1.807, 2.05) is 30.6 Å². The van der Waals surface area contributed by atoms with Crippen LogP contribution in [0.3, 0.4) is 0 Å². The van der Waals surface area contributed by atoms with Crippen LogP contribution in [0.5, 0.6) is 0 Å². The van der Waals surface area contributed by atoms with E-state index in [-0.39, 0.29) is 12.2 Å². The standard InChI is InChI=1S/C16H19N3O/c1-12-10-19(11-13(2)20-12)16-17-8-15(9-18-16)14-6-4-3-5-7-14/h3-9,12-13H,10-11H2,1-2H3. The summed E-state index contributed by atoms with van der Waals surface area (Å²) in [6.07, 6.45) is 4.22. The molecule has 1 aliphatic heterocycles. The monoisotopic (exact) mass is 269 g/mol. The largest absolute Gasteiger partial charge is 0.372 e. The van der Waals surface area contributed by atoms with Crippen molar-refractivity contribution >= 4 is 5.95 Å². The molecule has 1 aromatic carbocycles. The van der Waals surface area contributed by atoms with E-state index >= 15 is 0 Å². The Morgan fingerprint density at radius 3 is 2.15 bits per heavy atom. The third kappa shape index (κ3) is 2.80. The summed E-state index contributed by atoms with van der Waals surface area (Å²) in [6, 6.07) is 10.2. The number of aromatic nitrogens is 2. The van der Waals surface area contributed by atoms with Crippen molar-refractivity contribution in [3.63, 3.8) is 0 Å². The lowest BCUT2D eigenvalue weighted by atomic mass is 10.1. The van der Waals surface area contributed by atoms with Crippen molar-refractivity contribution in [3.05, 3.63) is 42.7 Å². The molecule has 0 bridgehead atoms. The molecular formula is C16H19N3O. The Morgan fingerprint density at radius 1 is 0.950 bits per heavy atom. The van der Waals surface area contributed by atoms with Crippen LogP contribution in [0, 0.1) is 0 Å². The van der Waals surface area contributed by atoms with Crippen LogP contribution >= 0.6 is 0 Å². The van der Waals surface area contributed by atoms with Gasteiger partial charge in [-0.15, -0.1) is 0 Å². The summed E-state index contributed by atoms with van der Waals surface area (Å²) in [5, 5.41) is 0. The van der Waals surface area contributed by atoms with Crippen LogP contribution in [0.1, 0.15) is 13.8 Å². The molecule has 2 atom stereocenters. The van der Waals surface area contributed by atoms with Gasteiger partial charge in [-0.3, -0.25) is 0 Å². The normalized spacial score (nSPS) is 22.8. The van der Waals surface area contributed by atoms with Gasteiger partial charge in [0.15, 0.2) is 0 Å². The smallest absolute Gasteiger partial charge is 0.225 e. The predicted molar refractivity (Wildman–Crippen MR) is 79.7 cm³/mol. The topological polar surface area (TPSA) is 38.2 Å². The maximum atomic E-state index is 5.73. The van der Waals surface area contributed by atoms with Crippen LogP contribution < -0.4 is 4.90 Å². The summed E-state index contributed by atoms with van der Waals surface area (Å²) in [6.45, 7) is 5.85. The summed E-state index contributed by atoms with van der Waals surface area (Å²) >= 11 is 0. The second kappa shape index (κ2) is 5.59. The van der Waals surface area contributed by atoms with Gasteiger partial charge in [-0.05, 0) is 19.4 Å². The van der Waals surface area contributed by atoms with Gasteiger partial charge in [0.1, 0.15) is 0 Å². The first-order valence-corrected chi connectivity index (χ1v) is 7.00. The molecule has 1 fully saturated rings. The number of ether oxygens (including phenoxy) is 1. The Bertz CT molecular complexity index is 546. The van der Waals surface area contributed by atoms with Gasteiger partial charge in [0, 0.05) is 31.0 Å². The van der Waals surface area contributed by atoms with E-state index in [1.165, 1.54) is 0 Å². The molecule has 1 aromatic heterocycles. The minimum atomic E-state index is 0.219. The minimum absolute atomic E-state index is 0.219. The zero-order chi connectivity index (χ0) is 13.9. The molecule has 2 aromatic rings. The van der Waals surface area contributed by atoms with Crippen molar-refractivity contribution in [1.82, 2.24) is 9.97 Å². The minimum Gasteiger partial charge on any atom is -0.372 e. The van der Waals surface area contributed by atoms with E-state index < -0.39 is 0 Å². The fourth-order valence-corrected chi connectivity index (χ4v) is 2.61. The number of anilines is 1. The van der Waals surface area contributed by atoms with Gasteiger partial charge in [0.25, 0.3) is 0 Å². The molecule has 0 N–H and O–H groups in total. The average Bonchev–Trinajstić information content (AvgIpc) is 2.47. The molecule has 0 aliphatic carbocycles. The van der Waals surface area contributed by atoms with Crippen molar-refractivity contribution in [2.45, 2.75) is 26.1 Å². The average molecular weight is 269 g/mol.